The van der Waals surface area contributed by atoms with Crippen molar-refractivity contribution >= 4 is 45.6 Å². The van der Waals surface area contributed by atoms with E-state index in [1.54, 1.807) is 18.3 Å². The highest BCUT2D eigenvalue weighted by Crippen LogP contribution is 2.38. The summed E-state index contributed by atoms with van der Waals surface area (Å²) < 4.78 is 0. The van der Waals surface area contributed by atoms with E-state index >= 15 is 0 Å². The van der Waals surface area contributed by atoms with Gasteiger partial charge in [0.05, 0.1) is 26.8 Å². The summed E-state index contributed by atoms with van der Waals surface area (Å²) in [5.74, 6) is -0.0529. The van der Waals surface area contributed by atoms with Crippen LogP contribution in [0.3, 0.4) is 0 Å². The molecule has 2 aromatic carbocycles. The van der Waals surface area contributed by atoms with Crippen molar-refractivity contribution in [3.63, 3.8) is 0 Å². The molecule has 0 saturated heterocycles. The van der Waals surface area contributed by atoms with Crippen LogP contribution >= 0.6 is 23.2 Å². The van der Waals surface area contributed by atoms with E-state index in [0.29, 0.717) is 12.0 Å². The number of ketones is 1. The molecule has 1 fully saturated rings. The molecule has 1 aliphatic carbocycles. The van der Waals surface area contributed by atoms with E-state index in [2.05, 4.69) is 10.3 Å². The second-order valence-corrected chi connectivity index (χ2v) is 9.31. The Morgan fingerprint density at radius 3 is 2.47 bits per heavy atom. The van der Waals surface area contributed by atoms with E-state index in [4.69, 9.17) is 28.9 Å². The van der Waals surface area contributed by atoms with Gasteiger partial charge < -0.3 is 16.2 Å². The predicted molar refractivity (Wildman–Crippen MR) is 132 cm³/mol. The van der Waals surface area contributed by atoms with Gasteiger partial charge in [0.2, 0.25) is 0 Å². The van der Waals surface area contributed by atoms with E-state index < -0.39 is 0 Å². The zero-order chi connectivity index (χ0) is 22.8. The van der Waals surface area contributed by atoms with E-state index in [9.17, 15) is 9.90 Å². The fourth-order valence-electron chi connectivity index (χ4n) is 4.30. The minimum Gasteiger partial charge on any atom is -0.505 e. The van der Waals surface area contributed by atoms with Gasteiger partial charge in [0.1, 0.15) is 0 Å². The van der Waals surface area contributed by atoms with Crippen LogP contribution in [0, 0.1) is 0 Å². The second-order valence-electron chi connectivity index (χ2n) is 8.50. The molecule has 0 bridgehead atoms. The van der Waals surface area contributed by atoms with Gasteiger partial charge in [-0.15, -0.1) is 0 Å². The molecule has 1 aliphatic rings. The summed E-state index contributed by atoms with van der Waals surface area (Å²) >= 11 is 12.3. The van der Waals surface area contributed by atoms with Crippen molar-refractivity contribution in [1.82, 2.24) is 4.98 Å². The van der Waals surface area contributed by atoms with Crippen LogP contribution < -0.4 is 11.1 Å². The maximum atomic E-state index is 12.9. The van der Waals surface area contributed by atoms with Crippen LogP contribution in [0.15, 0.2) is 36.5 Å². The molecule has 0 radical (unpaired) electrons. The Hall–Kier alpha value is -2.34. The van der Waals surface area contributed by atoms with Crippen molar-refractivity contribution in [2.75, 3.05) is 5.32 Å². The number of fused-ring (bicyclic) bond motifs is 1. The lowest BCUT2D eigenvalue weighted by Crippen LogP contribution is -2.33. The largest absolute Gasteiger partial charge is 0.505 e. The molecule has 1 heterocycles. The molecule has 4 rings (SSSR count). The molecule has 0 spiro atoms. The number of rotatable bonds is 6. The highest BCUT2D eigenvalue weighted by molar-refractivity contribution is 6.37. The summed E-state index contributed by atoms with van der Waals surface area (Å²) in [5.41, 5.74) is 9.98. The minimum atomic E-state index is -0.134. The average Bonchev–Trinajstić information content (AvgIpc) is 2.78. The summed E-state index contributed by atoms with van der Waals surface area (Å²) in [4.78, 5) is 17.5. The van der Waals surface area contributed by atoms with Gasteiger partial charge in [-0.25, -0.2) is 0 Å². The molecule has 0 aliphatic heterocycles. The minimum absolute atomic E-state index is 0.0815. The topological polar surface area (TPSA) is 88.2 Å². The van der Waals surface area contributed by atoms with Gasteiger partial charge in [-0.1, -0.05) is 36.2 Å². The number of phenols is 1. The van der Waals surface area contributed by atoms with Crippen molar-refractivity contribution in [2.24, 2.45) is 5.73 Å². The maximum absolute atomic E-state index is 12.9. The molecule has 0 unspecified atom stereocenters. The first-order valence-corrected chi connectivity index (χ1v) is 11.8. The third-order valence-corrected chi connectivity index (χ3v) is 6.69. The number of nitrogens with zero attached hydrogens (tertiary/aromatic N) is 1. The molecule has 0 atom stereocenters. The molecule has 3 aromatic rings. The zero-order valence-corrected chi connectivity index (χ0v) is 19.5. The molecule has 0 amide bonds. The number of nitrogens with two attached hydrogens (primary N) is 1. The van der Waals surface area contributed by atoms with Crippen LogP contribution in [0.4, 0.5) is 5.69 Å². The van der Waals surface area contributed by atoms with E-state index in [-0.39, 0.29) is 33.7 Å². The number of anilines is 1. The number of benzene rings is 2. The normalized spacial score (nSPS) is 18.6. The predicted octanol–water partition coefficient (Wildman–Crippen LogP) is 6.58. The summed E-state index contributed by atoms with van der Waals surface area (Å²) in [6.45, 7) is 2.00. The zero-order valence-electron chi connectivity index (χ0n) is 18.0. The highest BCUT2D eigenvalue weighted by Gasteiger charge is 2.22. The highest BCUT2D eigenvalue weighted by atomic mass is 35.5. The molecular weight excluding hydrogens is 445 g/mol. The van der Waals surface area contributed by atoms with E-state index in [1.165, 1.54) is 0 Å². The van der Waals surface area contributed by atoms with E-state index in [0.717, 1.165) is 59.8 Å². The molecule has 32 heavy (non-hydrogen) atoms. The summed E-state index contributed by atoms with van der Waals surface area (Å²) in [6.07, 6.45) is 6.80. The van der Waals surface area contributed by atoms with Crippen molar-refractivity contribution in [3.05, 3.63) is 52.1 Å². The standard InChI is InChI=1S/C25H27Cl2N3O2/c1-2-3-23(31)19-13-29-22-9-4-14(15-11-20(26)25(32)21(27)12-15)10-18(22)24(19)30-17-7-5-16(28)6-8-17/h4,9-13,16-17,32H,2-3,5-8,28H2,1H3,(H,29,30). The number of nitrogens with one attached hydrogen (secondary N) is 1. The summed E-state index contributed by atoms with van der Waals surface area (Å²) in [7, 11) is 0. The fourth-order valence-corrected chi connectivity index (χ4v) is 4.79. The smallest absolute Gasteiger partial charge is 0.166 e. The number of Topliss-reactive ketones (excluding diaryl/α,β-unsaturated/α-hetero) is 1. The SMILES string of the molecule is CCCC(=O)c1cnc2ccc(-c3cc(Cl)c(O)c(Cl)c3)cc2c1NC1CCC(N)CC1. The Morgan fingerprint density at radius 1 is 1.12 bits per heavy atom. The number of hydrogen-bond acceptors (Lipinski definition) is 5. The van der Waals surface area contributed by atoms with E-state index in [1.807, 2.05) is 25.1 Å². The van der Waals surface area contributed by atoms with Gasteiger partial charge in [0.15, 0.2) is 11.5 Å². The van der Waals surface area contributed by atoms with Crippen LogP contribution in [0.25, 0.3) is 22.0 Å². The Bertz CT molecular complexity index is 1130. The van der Waals surface area contributed by atoms with Crippen LogP contribution in [0.2, 0.25) is 10.0 Å². The van der Waals surface area contributed by atoms with Gasteiger partial charge in [-0.05, 0) is 67.5 Å². The average molecular weight is 472 g/mol. The third kappa shape index (κ3) is 4.70. The van der Waals surface area contributed by atoms with Gasteiger partial charge in [0, 0.05) is 30.1 Å². The first-order valence-electron chi connectivity index (χ1n) is 11.0. The monoisotopic (exact) mass is 471 g/mol. The van der Waals surface area contributed by atoms with Gasteiger partial charge >= 0.3 is 0 Å². The lowest BCUT2D eigenvalue weighted by atomic mass is 9.91. The number of halogens is 2. The molecule has 7 heteroatoms. The molecule has 5 nitrogen and oxygen atoms in total. The Balaban J connectivity index is 1.83. The van der Waals surface area contributed by atoms with Gasteiger partial charge in [-0.3, -0.25) is 9.78 Å². The van der Waals surface area contributed by atoms with Crippen molar-refractivity contribution in [1.29, 1.82) is 0 Å². The van der Waals surface area contributed by atoms with Crippen molar-refractivity contribution in [2.45, 2.75) is 57.5 Å². The van der Waals surface area contributed by atoms with Gasteiger partial charge in [0.25, 0.3) is 0 Å². The van der Waals surface area contributed by atoms with Crippen LogP contribution in [-0.4, -0.2) is 28.0 Å². The number of phenolic OH excluding ortho intramolecular Hbond substituents is 1. The van der Waals surface area contributed by atoms with Crippen LogP contribution in [0.5, 0.6) is 5.75 Å². The summed E-state index contributed by atoms with van der Waals surface area (Å²) in [6, 6.07) is 9.73. The number of pyridine rings is 1. The third-order valence-electron chi connectivity index (χ3n) is 6.12. The van der Waals surface area contributed by atoms with Gasteiger partial charge in [-0.2, -0.15) is 0 Å². The van der Waals surface area contributed by atoms with Crippen LogP contribution in [-0.2, 0) is 0 Å². The molecular formula is C25H27Cl2N3O2. The fraction of sp³-hybridized carbons (Fsp3) is 0.360. The first kappa shape index (κ1) is 22.8. The number of carbonyl (C=O) groups is 1. The molecule has 4 N–H and O–H groups in total. The lowest BCUT2D eigenvalue weighted by Gasteiger charge is -2.29. The Labute approximate surface area is 197 Å². The quantitative estimate of drug-likeness (QED) is 0.353. The maximum Gasteiger partial charge on any atom is 0.166 e. The number of aromatic hydroxyl groups is 1. The lowest BCUT2D eigenvalue weighted by molar-refractivity contribution is 0.0982. The van der Waals surface area contributed by atoms with Crippen molar-refractivity contribution in [3.8, 4) is 16.9 Å². The number of hydrogen-bond donors (Lipinski definition) is 3. The van der Waals surface area contributed by atoms with Crippen molar-refractivity contribution < 1.29 is 9.90 Å². The number of carbonyl (C=O) groups excluding carboxylic acids is 1. The molecule has 1 aromatic heterocycles. The summed E-state index contributed by atoms with van der Waals surface area (Å²) in [5, 5.41) is 14.8. The molecule has 1 saturated carbocycles. The Morgan fingerprint density at radius 2 is 1.81 bits per heavy atom. The second kappa shape index (κ2) is 9.65. The van der Waals surface area contributed by atoms with Crippen LogP contribution in [0.1, 0.15) is 55.8 Å². The Kier molecular flexibility index (Phi) is 6.89. The molecule has 168 valence electrons. The first-order chi connectivity index (χ1) is 15.4. The number of aromatic nitrogens is 1.